The van der Waals surface area contributed by atoms with E-state index in [0.717, 1.165) is 5.69 Å². The van der Waals surface area contributed by atoms with E-state index >= 15 is 0 Å². The van der Waals surface area contributed by atoms with Crippen LogP contribution in [-0.4, -0.2) is 66.8 Å². The maximum Gasteiger partial charge on any atom is 0.307 e. The van der Waals surface area contributed by atoms with Crippen LogP contribution in [0.3, 0.4) is 0 Å². The summed E-state index contributed by atoms with van der Waals surface area (Å²) in [4.78, 5) is 51.0. The molecule has 0 aromatic heterocycles. The minimum absolute atomic E-state index is 0.136. The Kier molecular flexibility index (Phi) is 7.02. The summed E-state index contributed by atoms with van der Waals surface area (Å²) in [5.41, 5.74) is 1.11. The number of amides is 1. The molecular weight excluding hydrogens is 390 g/mol. The molecule has 0 radical (unpaired) electrons. The highest BCUT2D eigenvalue weighted by Gasteiger charge is 2.44. The van der Waals surface area contributed by atoms with Gasteiger partial charge in [-0.05, 0) is 18.1 Å². The molecule has 1 aromatic rings. The van der Waals surface area contributed by atoms with E-state index in [-0.39, 0.29) is 43.6 Å². The zero-order chi connectivity index (χ0) is 21.7. The van der Waals surface area contributed by atoms with E-state index in [1.165, 1.54) is 0 Å². The van der Waals surface area contributed by atoms with Gasteiger partial charge in [0, 0.05) is 55.0 Å². The second-order valence-electron chi connectivity index (χ2n) is 8.00. The average molecular weight is 417 g/mol. The molecule has 2 fully saturated rings. The van der Waals surface area contributed by atoms with Crippen LogP contribution in [0.4, 0.5) is 5.69 Å². The first kappa shape index (κ1) is 21.7. The molecule has 1 saturated heterocycles. The smallest absolute Gasteiger partial charge is 0.307 e. The monoisotopic (exact) mass is 417 g/mol. The van der Waals surface area contributed by atoms with Gasteiger partial charge in [-0.25, -0.2) is 0 Å². The SMILES string of the molecule is C[C@H]1CC(=O)[C@@H](CC(=O)OCC(=O)N2CCN(c3ccccc3)CC2)[C@@H]1C[N+](=O)[O-]. The number of Topliss-reactive ketones (excluding diaryl/α,β-unsaturated/α-hetero) is 1. The first-order chi connectivity index (χ1) is 14.3. The van der Waals surface area contributed by atoms with Crippen molar-refractivity contribution in [3.63, 3.8) is 0 Å². The van der Waals surface area contributed by atoms with E-state index in [9.17, 15) is 24.5 Å². The van der Waals surface area contributed by atoms with E-state index < -0.39 is 22.7 Å². The van der Waals surface area contributed by atoms with Crippen molar-refractivity contribution < 1.29 is 24.0 Å². The normalized spacial score (nSPS) is 24.0. The van der Waals surface area contributed by atoms with Gasteiger partial charge in [-0.3, -0.25) is 24.5 Å². The molecule has 0 bridgehead atoms. The van der Waals surface area contributed by atoms with Crippen molar-refractivity contribution >= 4 is 23.3 Å². The molecule has 30 heavy (non-hydrogen) atoms. The Morgan fingerprint density at radius 1 is 1.17 bits per heavy atom. The van der Waals surface area contributed by atoms with Crippen LogP contribution in [-0.2, 0) is 19.1 Å². The van der Waals surface area contributed by atoms with Crippen molar-refractivity contribution in [2.45, 2.75) is 19.8 Å². The van der Waals surface area contributed by atoms with Crippen LogP contribution in [0.5, 0.6) is 0 Å². The van der Waals surface area contributed by atoms with E-state index in [0.29, 0.717) is 26.2 Å². The molecule has 1 heterocycles. The molecule has 162 valence electrons. The van der Waals surface area contributed by atoms with Crippen LogP contribution < -0.4 is 4.90 Å². The van der Waals surface area contributed by atoms with Crippen LogP contribution in [0.2, 0.25) is 0 Å². The quantitative estimate of drug-likeness (QED) is 0.374. The summed E-state index contributed by atoms with van der Waals surface area (Å²) in [6, 6.07) is 9.95. The van der Waals surface area contributed by atoms with Crippen molar-refractivity contribution in [3.05, 3.63) is 40.4 Å². The van der Waals surface area contributed by atoms with Gasteiger partial charge in [-0.1, -0.05) is 25.1 Å². The zero-order valence-corrected chi connectivity index (χ0v) is 17.1. The fraction of sp³-hybridized carbons (Fsp3) is 0.571. The fourth-order valence-electron chi connectivity index (χ4n) is 4.32. The highest BCUT2D eigenvalue weighted by Crippen LogP contribution is 2.36. The maximum absolute atomic E-state index is 12.4. The number of hydrogen-bond donors (Lipinski definition) is 0. The van der Waals surface area contributed by atoms with Crippen LogP contribution in [0, 0.1) is 27.9 Å². The van der Waals surface area contributed by atoms with E-state index in [1.807, 2.05) is 30.3 Å². The van der Waals surface area contributed by atoms with E-state index in [4.69, 9.17) is 4.74 Å². The van der Waals surface area contributed by atoms with Crippen LogP contribution in [0.25, 0.3) is 0 Å². The summed E-state index contributed by atoms with van der Waals surface area (Å²) >= 11 is 0. The van der Waals surface area contributed by atoms with Gasteiger partial charge in [-0.15, -0.1) is 0 Å². The summed E-state index contributed by atoms with van der Waals surface area (Å²) in [7, 11) is 0. The van der Waals surface area contributed by atoms with E-state index in [1.54, 1.807) is 11.8 Å². The molecule has 2 aliphatic rings. The van der Waals surface area contributed by atoms with Crippen LogP contribution >= 0.6 is 0 Å². The number of piperazine rings is 1. The van der Waals surface area contributed by atoms with Gasteiger partial charge in [0.1, 0.15) is 5.78 Å². The van der Waals surface area contributed by atoms with Crippen molar-refractivity contribution in [2.24, 2.45) is 17.8 Å². The summed E-state index contributed by atoms with van der Waals surface area (Å²) in [6.45, 7) is 3.54. The molecule has 1 aliphatic carbocycles. The highest BCUT2D eigenvalue weighted by molar-refractivity contribution is 5.88. The van der Waals surface area contributed by atoms with Gasteiger partial charge >= 0.3 is 5.97 Å². The standard InChI is InChI=1S/C21H27N3O6/c1-15-11-19(25)17(18(15)13-24(28)29)12-21(27)30-14-20(26)23-9-7-22(8-10-23)16-5-3-2-4-6-16/h2-6,15,17-18H,7-14H2,1H3/t15-,17-,18+/m0/s1. The van der Waals surface area contributed by atoms with Crippen LogP contribution in [0.15, 0.2) is 30.3 Å². The Hall–Kier alpha value is -2.97. The lowest BCUT2D eigenvalue weighted by atomic mass is 9.88. The molecule has 0 unspecified atom stereocenters. The summed E-state index contributed by atoms with van der Waals surface area (Å²) in [5, 5.41) is 10.9. The number of nitro groups is 1. The summed E-state index contributed by atoms with van der Waals surface area (Å²) in [6.07, 6.45) is 0.0256. The van der Waals surface area contributed by atoms with Gasteiger partial charge in [0.25, 0.3) is 5.91 Å². The van der Waals surface area contributed by atoms with Crippen molar-refractivity contribution in [2.75, 3.05) is 44.2 Å². The molecule has 9 nitrogen and oxygen atoms in total. The largest absolute Gasteiger partial charge is 0.456 e. The minimum atomic E-state index is -0.706. The Morgan fingerprint density at radius 3 is 2.47 bits per heavy atom. The molecule has 1 aromatic carbocycles. The van der Waals surface area contributed by atoms with Gasteiger partial charge in [-0.2, -0.15) is 0 Å². The number of hydrogen-bond acceptors (Lipinski definition) is 7. The summed E-state index contributed by atoms with van der Waals surface area (Å²) < 4.78 is 5.10. The first-order valence-electron chi connectivity index (χ1n) is 10.2. The molecule has 1 saturated carbocycles. The topological polar surface area (TPSA) is 110 Å². The number of anilines is 1. The predicted molar refractivity (Wildman–Crippen MR) is 108 cm³/mol. The third kappa shape index (κ3) is 5.34. The number of nitrogens with zero attached hydrogens (tertiary/aromatic N) is 3. The van der Waals surface area contributed by atoms with Crippen molar-refractivity contribution in [1.29, 1.82) is 0 Å². The number of esters is 1. The molecule has 0 N–H and O–H groups in total. The molecule has 0 spiro atoms. The fourth-order valence-corrected chi connectivity index (χ4v) is 4.32. The number of rotatable bonds is 7. The molecule has 3 atom stereocenters. The minimum Gasteiger partial charge on any atom is -0.456 e. The van der Waals surface area contributed by atoms with Gasteiger partial charge in [0.05, 0.1) is 6.42 Å². The molecule has 9 heteroatoms. The second kappa shape index (κ2) is 9.69. The Bertz CT molecular complexity index is 791. The number of carbonyl (C=O) groups is 3. The second-order valence-corrected chi connectivity index (χ2v) is 8.00. The number of benzene rings is 1. The first-order valence-corrected chi connectivity index (χ1v) is 10.2. The number of ketones is 1. The van der Waals surface area contributed by atoms with Crippen LogP contribution in [0.1, 0.15) is 19.8 Å². The zero-order valence-electron chi connectivity index (χ0n) is 17.1. The Morgan fingerprint density at radius 2 is 1.83 bits per heavy atom. The lowest BCUT2D eigenvalue weighted by molar-refractivity contribution is -0.490. The highest BCUT2D eigenvalue weighted by atomic mass is 16.6. The predicted octanol–water partition coefficient (Wildman–Crippen LogP) is 1.39. The molecule has 3 rings (SSSR count). The van der Waals surface area contributed by atoms with Gasteiger partial charge < -0.3 is 14.5 Å². The molecular formula is C21H27N3O6. The summed E-state index contributed by atoms with van der Waals surface area (Å²) in [5.74, 6) is -2.39. The maximum atomic E-state index is 12.4. The molecule has 1 aliphatic heterocycles. The van der Waals surface area contributed by atoms with Gasteiger partial charge in [0.15, 0.2) is 6.61 Å². The third-order valence-corrected chi connectivity index (χ3v) is 6.04. The number of ether oxygens (including phenoxy) is 1. The van der Waals surface area contributed by atoms with Gasteiger partial charge in [0.2, 0.25) is 6.54 Å². The number of para-hydroxylation sites is 1. The van der Waals surface area contributed by atoms with Crippen molar-refractivity contribution in [3.8, 4) is 0 Å². The lowest BCUT2D eigenvalue weighted by Crippen LogP contribution is -2.50. The lowest BCUT2D eigenvalue weighted by Gasteiger charge is -2.36. The number of carbonyl (C=O) groups excluding carboxylic acids is 3. The Balaban J connectivity index is 1.44. The average Bonchev–Trinajstić information content (AvgIpc) is 2.99. The Labute approximate surface area is 175 Å². The van der Waals surface area contributed by atoms with Crippen molar-refractivity contribution in [1.82, 2.24) is 4.90 Å². The van der Waals surface area contributed by atoms with E-state index in [2.05, 4.69) is 4.90 Å². The molecule has 1 amide bonds. The third-order valence-electron chi connectivity index (χ3n) is 6.04.